The van der Waals surface area contributed by atoms with E-state index in [1.165, 1.54) is 36.9 Å². The van der Waals surface area contributed by atoms with Crippen molar-refractivity contribution in [3.8, 4) is 5.75 Å². The van der Waals surface area contributed by atoms with Gasteiger partial charge in [0, 0.05) is 49.0 Å². The number of anilines is 1. The van der Waals surface area contributed by atoms with Crippen molar-refractivity contribution in [2.75, 3.05) is 31.1 Å². The molecule has 0 radical (unpaired) electrons. The summed E-state index contributed by atoms with van der Waals surface area (Å²) in [4.78, 5) is 15.9. The van der Waals surface area contributed by atoms with E-state index in [9.17, 15) is 4.79 Å². The van der Waals surface area contributed by atoms with Crippen LogP contribution in [0.5, 0.6) is 5.75 Å². The van der Waals surface area contributed by atoms with Crippen LogP contribution in [0.4, 0.5) is 5.69 Å². The maximum absolute atomic E-state index is 11.0. The van der Waals surface area contributed by atoms with Gasteiger partial charge in [0.15, 0.2) is 6.29 Å². The summed E-state index contributed by atoms with van der Waals surface area (Å²) in [5.41, 5.74) is 4.11. The molecule has 0 aliphatic carbocycles. The summed E-state index contributed by atoms with van der Waals surface area (Å²) in [6.07, 6.45) is 5.84. The van der Waals surface area contributed by atoms with Gasteiger partial charge in [-0.1, -0.05) is 44.2 Å². The fraction of sp³-hybridized carbons (Fsp3) is 0.531. The number of aldehydes is 1. The molecule has 0 bridgehead atoms. The molecule has 1 aliphatic heterocycles. The van der Waals surface area contributed by atoms with Crippen molar-refractivity contribution in [1.29, 1.82) is 0 Å². The number of carbonyl (C=O) groups is 1. The Morgan fingerprint density at radius 3 is 2.51 bits per heavy atom. The second-order valence-corrected chi connectivity index (χ2v) is 11.3. The first-order valence-electron chi connectivity index (χ1n) is 13.9. The second-order valence-electron chi connectivity index (χ2n) is 10.9. The molecule has 1 fully saturated rings. The number of ether oxygens (including phenoxy) is 1. The molecule has 0 spiro atoms. The lowest BCUT2D eigenvalue weighted by Gasteiger charge is -2.35. The van der Waals surface area contributed by atoms with Crippen LogP contribution in [0.3, 0.4) is 0 Å². The lowest BCUT2D eigenvalue weighted by atomic mass is 9.86. The third-order valence-electron chi connectivity index (χ3n) is 7.74. The van der Waals surface area contributed by atoms with Gasteiger partial charge in [-0.25, -0.2) is 0 Å². The number of benzene rings is 2. The van der Waals surface area contributed by atoms with E-state index >= 15 is 0 Å². The largest absolute Gasteiger partial charge is 0.491 e. The molecule has 1 saturated heterocycles. The van der Waals surface area contributed by atoms with Gasteiger partial charge >= 0.3 is 0 Å². The van der Waals surface area contributed by atoms with Gasteiger partial charge in [-0.15, -0.1) is 0 Å². The van der Waals surface area contributed by atoms with Gasteiger partial charge in [0.2, 0.25) is 0 Å². The number of piperidine rings is 1. The molecule has 2 atom stereocenters. The van der Waals surface area contributed by atoms with Crippen LogP contribution < -0.4 is 9.64 Å². The number of hydrogen-bond acceptors (Lipinski definition) is 4. The fourth-order valence-corrected chi connectivity index (χ4v) is 5.62. The van der Waals surface area contributed by atoms with Crippen molar-refractivity contribution < 1.29 is 9.53 Å². The summed E-state index contributed by atoms with van der Waals surface area (Å²) < 4.78 is 5.90. The van der Waals surface area contributed by atoms with Crippen molar-refractivity contribution >= 4 is 23.6 Å². The number of allylic oxidation sites excluding steroid dienone is 1. The number of rotatable bonds is 13. The molecule has 37 heavy (non-hydrogen) atoms. The Morgan fingerprint density at radius 2 is 1.89 bits per heavy atom. The molecule has 5 heteroatoms. The predicted octanol–water partition coefficient (Wildman–Crippen LogP) is 8.21. The zero-order valence-electron chi connectivity index (χ0n) is 23.4. The van der Waals surface area contributed by atoms with Crippen molar-refractivity contribution in [2.45, 2.75) is 72.3 Å². The monoisotopic (exact) mass is 524 g/mol. The van der Waals surface area contributed by atoms with E-state index in [1.54, 1.807) is 0 Å². The highest BCUT2D eigenvalue weighted by Gasteiger charge is 2.23. The van der Waals surface area contributed by atoms with Crippen molar-refractivity contribution in [3.05, 3.63) is 70.9 Å². The van der Waals surface area contributed by atoms with Crippen LogP contribution in [0.2, 0.25) is 5.02 Å². The SMILES string of the molecule is C=C([C@H](C)c1cccc(OC(C)C)c1)N(CC)CCC(C)CC1CCN(c2ccc(C=O)c(Cl)c2)CC1. The van der Waals surface area contributed by atoms with Gasteiger partial charge in [0.05, 0.1) is 11.1 Å². The second kappa shape index (κ2) is 13.9. The van der Waals surface area contributed by atoms with Gasteiger partial charge in [-0.3, -0.25) is 4.79 Å². The molecule has 1 heterocycles. The van der Waals surface area contributed by atoms with E-state index in [-0.39, 0.29) is 12.0 Å². The van der Waals surface area contributed by atoms with E-state index in [1.807, 2.05) is 24.3 Å². The zero-order chi connectivity index (χ0) is 26.9. The topological polar surface area (TPSA) is 32.8 Å². The molecule has 0 amide bonds. The third-order valence-corrected chi connectivity index (χ3v) is 8.06. The minimum atomic E-state index is 0.170. The summed E-state index contributed by atoms with van der Waals surface area (Å²) in [7, 11) is 0. The summed E-state index contributed by atoms with van der Waals surface area (Å²) in [5.74, 6) is 2.62. The Labute approximate surface area is 229 Å². The number of nitrogens with zero attached hydrogens (tertiary/aromatic N) is 2. The number of carbonyl (C=O) groups excluding carboxylic acids is 1. The maximum Gasteiger partial charge on any atom is 0.151 e. The van der Waals surface area contributed by atoms with Crippen LogP contribution in [0, 0.1) is 11.8 Å². The molecule has 4 nitrogen and oxygen atoms in total. The van der Waals surface area contributed by atoms with Gasteiger partial charge in [0.1, 0.15) is 5.75 Å². The van der Waals surface area contributed by atoms with Gasteiger partial charge in [-0.2, -0.15) is 0 Å². The Morgan fingerprint density at radius 1 is 1.16 bits per heavy atom. The molecule has 2 aromatic rings. The molecule has 202 valence electrons. The normalized spacial score (nSPS) is 15.9. The number of hydrogen-bond donors (Lipinski definition) is 0. The Hall–Kier alpha value is -2.46. The van der Waals surface area contributed by atoms with Crippen LogP contribution in [-0.2, 0) is 0 Å². The molecule has 0 aromatic heterocycles. The number of likely N-dealkylation sites (N-methyl/N-ethyl adjacent to an activating group) is 1. The first-order valence-corrected chi connectivity index (χ1v) is 14.3. The maximum atomic E-state index is 11.0. The zero-order valence-corrected chi connectivity index (χ0v) is 24.1. The van der Waals surface area contributed by atoms with Crippen LogP contribution in [-0.4, -0.2) is 43.5 Å². The Balaban J connectivity index is 1.46. The number of halogens is 1. The molecular formula is C32H45ClN2O2. The lowest BCUT2D eigenvalue weighted by Crippen LogP contribution is -2.34. The molecule has 1 unspecified atom stereocenters. The van der Waals surface area contributed by atoms with Crippen LogP contribution in [0.1, 0.15) is 82.1 Å². The van der Waals surface area contributed by atoms with E-state index < -0.39 is 0 Å². The molecular weight excluding hydrogens is 480 g/mol. The minimum Gasteiger partial charge on any atom is -0.491 e. The molecule has 3 rings (SSSR count). The Kier molecular flexibility index (Phi) is 10.9. The van der Waals surface area contributed by atoms with E-state index in [0.717, 1.165) is 49.8 Å². The fourth-order valence-electron chi connectivity index (χ4n) is 5.40. The molecule has 1 aliphatic rings. The average Bonchev–Trinajstić information content (AvgIpc) is 2.88. The van der Waals surface area contributed by atoms with Crippen molar-refractivity contribution in [3.63, 3.8) is 0 Å². The van der Waals surface area contributed by atoms with E-state index in [0.29, 0.717) is 16.5 Å². The first-order chi connectivity index (χ1) is 17.7. The van der Waals surface area contributed by atoms with Gasteiger partial charge < -0.3 is 14.5 Å². The summed E-state index contributed by atoms with van der Waals surface area (Å²) in [6.45, 7) is 19.6. The standard InChI is InChI=1S/C32H45ClN2O2/c1-7-34(26(6)25(5)28-9-8-10-31(20-28)37-23(2)3)16-13-24(4)19-27-14-17-35(18-15-27)30-12-11-29(22-36)32(33)21-30/h8-12,20-25,27H,6-7,13-19H2,1-5H3/t24?,25-/m0/s1. The molecule has 0 saturated carbocycles. The third kappa shape index (κ3) is 8.26. The quantitative estimate of drug-likeness (QED) is 0.247. The summed E-state index contributed by atoms with van der Waals surface area (Å²) in [5, 5.41) is 0.538. The van der Waals surface area contributed by atoms with E-state index in [2.05, 4.69) is 69.2 Å². The average molecular weight is 525 g/mol. The lowest BCUT2D eigenvalue weighted by molar-refractivity contribution is 0.112. The first kappa shape index (κ1) is 29.1. The van der Waals surface area contributed by atoms with Crippen molar-refractivity contribution in [2.24, 2.45) is 11.8 Å². The van der Waals surface area contributed by atoms with Crippen LogP contribution >= 0.6 is 11.6 Å². The highest BCUT2D eigenvalue weighted by molar-refractivity contribution is 6.33. The molecule has 0 N–H and O–H groups in total. The van der Waals surface area contributed by atoms with Crippen molar-refractivity contribution in [1.82, 2.24) is 4.90 Å². The summed E-state index contributed by atoms with van der Waals surface area (Å²) in [6, 6.07) is 14.2. The highest BCUT2D eigenvalue weighted by Crippen LogP contribution is 2.32. The Bertz CT molecular complexity index is 1030. The predicted molar refractivity (Wildman–Crippen MR) is 157 cm³/mol. The highest BCUT2D eigenvalue weighted by atomic mass is 35.5. The summed E-state index contributed by atoms with van der Waals surface area (Å²) >= 11 is 6.25. The van der Waals surface area contributed by atoms with Gasteiger partial charge in [-0.05, 0) is 94.2 Å². The van der Waals surface area contributed by atoms with Crippen LogP contribution in [0.25, 0.3) is 0 Å². The van der Waals surface area contributed by atoms with Gasteiger partial charge in [0.25, 0.3) is 0 Å². The molecule has 2 aromatic carbocycles. The minimum absolute atomic E-state index is 0.170. The smallest absolute Gasteiger partial charge is 0.151 e. The van der Waals surface area contributed by atoms with Crippen LogP contribution in [0.15, 0.2) is 54.7 Å². The van der Waals surface area contributed by atoms with E-state index in [4.69, 9.17) is 16.3 Å².